The van der Waals surface area contributed by atoms with Crippen molar-refractivity contribution in [2.24, 2.45) is 0 Å². The molecule has 2 rings (SSSR count). The summed E-state index contributed by atoms with van der Waals surface area (Å²) in [6.45, 7) is 8.20. The van der Waals surface area contributed by atoms with E-state index < -0.39 is 0 Å². The van der Waals surface area contributed by atoms with E-state index in [0.717, 1.165) is 24.5 Å². The summed E-state index contributed by atoms with van der Waals surface area (Å²) in [7, 11) is 0. The van der Waals surface area contributed by atoms with Gasteiger partial charge in [-0.05, 0) is 49.7 Å². The SMILES string of the molecule is CCNCc1ccc(-n2ccc(C)n2)cc1C. The minimum Gasteiger partial charge on any atom is -0.313 e. The van der Waals surface area contributed by atoms with Gasteiger partial charge in [-0.1, -0.05) is 13.0 Å². The fourth-order valence-corrected chi connectivity index (χ4v) is 1.84. The first kappa shape index (κ1) is 11.9. The molecule has 0 aliphatic rings. The van der Waals surface area contributed by atoms with Gasteiger partial charge in [0.2, 0.25) is 0 Å². The molecule has 2 aromatic rings. The average Bonchev–Trinajstić information content (AvgIpc) is 2.74. The highest BCUT2D eigenvalue weighted by Gasteiger charge is 2.02. The second kappa shape index (κ2) is 5.15. The molecule has 1 N–H and O–H groups in total. The predicted molar refractivity (Wildman–Crippen MR) is 70.4 cm³/mol. The zero-order valence-electron chi connectivity index (χ0n) is 10.7. The summed E-state index contributed by atoms with van der Waals surface area (Å²) >= 11 is 0. The molecule has 1 aromatic carbocycles. The lowest BCUT2D eigenvalue weighted by Gasteiger charge is -2.09. The first-order valence-corrected chi connectivity index (χ1v) is 6.03. The Morgan fingerprint density at radius 1 is 1.24 bits per heavy atom. The molecule has 90 valence electrons. The Bertz CT molecular complexity index is 500. The number of aryl methyl sites for hydroxylation is 2. The molecule has 17 heavy (non-hydrogen) atoms. The quantitative estimate of drug-likeness (QED) is 0.873. The van der Waals surface area contributed by atoms with Crippen molar-refractivity contribution in [1.82, 2.24) is 15.1 Å². The lowest BCUT2D eigenvalue weighted by Crippen LogP contribution is -2.12. The molecule has 0 amide bonds. The highest BCUT2D eigenvalue weighted by atomic mass is 15.3. The van der Waals surface area contributed by atoms with Crippen molar-refractivity contribution in [3.63, 3.8) is 0 Å². The summed E-state index contributed by atoms with van der Waals surface area (Å²) in [5.74, 6) is 0. The third-order valence-corrected chi connectivity index (χ3v) is 2.88. The Morgan fingerprint density at radius 3 is 2.65 bits per heavy atom. The molecule has 0 saturated carbocycles. The van der Waals surface area contributed by atoms with E-state index in [-0.39, 0.29) is 0 Å². The highest BCUT2D eigenvalue weighted by molar-refractivity contribution is 5.39. The first-order valence-electron chi connectivity index (χ1n) is 6.03. The maximum absolute atomic E-state index is 4.41. The van der Waals surface area contributed by atoms with Crippen molar-refractivity contribution in [3.8, 4) is 5.69 Å². The average molecular weight is 229 g/mol. The Balaban J connectivity index is 2.24. The largest absolute Gasteiger partial charge is 0.313 e. The molecule has 0 unspecified atom stereocenters. The standard InChI is InChI=1S/C14H19N3/c1-4-15-10-13-5-6-14(9-11(13)2)17-8-7-12(3)16-17/h5-9,15H,4,10H2,1-3H3. The minimum absolute atomic E-state index is 0.931. The molecule has 0 fully saturated rings. The highest BCUT2D eigenvalue weighted by Crippen LogP contribution is 2.14. The van der Waals surface area contributed by atoms with Crippen LogP contribution in [0.1, 0.15) is 23.7 Å². The molecule has 0 aliphatic carbocycles. The van der Waals surface area contributed by atoms with Crippen molar-refractivity contribution in [1.29, 1.82) is 0 Å². The summed E-state index contributed by atoms with van der Waals surface area (Å²) in [5, 5.41) is 7.76. The summed E-state index contributed by atoms with van der Waals surface area (Å²) in [5.41, 5.74) is 4.81. The monoisotopic (exact) mass is 229 g/mol. The van der Waals surface area contributed by atoms with Gasteiger partial charge in [-0.25, -0.2) is 4.68 Å². The van der Waals surface area contributed by atoms with Gasteiger partial charge in [0.15, 0.2) is 0 Å². The van der Waals surface area contributed by atoms with Crippen LogP contribution in [-0.4, -0.2) is 16.3 Å². The first-order chi connectivity index (χ1) is 8.20. The molecular weight excluding hydrogens is 210 g/mol. The van der Waals surface area contributed by atoms with Gasteiger partial charge in [-0.15, -0.1) is 0 Å². The van der Waals surface area contributed by atoms with E-state index in [1.54, 1.807) is 0 Å². The van der Waals surface area contributed by atoms with E-state index in [4.69, 9.17) is 0 Å². The maximum atomic E-state index is 4.41. The van der Waals surface area contributed by atoms with Crippen LogP contribution in [0.2, 0.25) is 0 Å². The van der Waals surface area contributed by atoms with E-state index in [0.29, 0.717) is 0 Å². The van der Waals surface area contributed by atoms with Gasteiger partial charge in [-0.3, -0.25) is 0 Å². The van der Waals surface area contributed by atoms with Gasteiger partial charge in [0.05, 0.1) is 11.4 Å². The maximum Gasteiger partial charge on any atom is 0.0648 e. The third kappa shape index (κ3) is 2.74. The van der Waals surface area contributed by atoms with Crippen molar-refractivity contribution < 1.29 is 0 Å². The minimum atomic E-state index is 0.931. The van der Waals surface area contributed by atoms with Crippen LogP contribution in [-0.2, 0) is 6.54 Å². The van der Waals surface area contributed by atoms with E-state index in [9.17, 15) is 0 Å². The van der Waals surface area contributed by atoms with Crippen LogP contribution in [0.3, 0.4) is 0 Å². The predicted octanol–water partition coefficient (Wildman–Crippen LogP) is 2.60. The molecule has 3 nitrogen and oxygen atoms in total. The van der Waals surface area contributed by atoms with Crippen molar-refractivity contribution in [3.05, 3.63) is 47.3 Å². The van der Waals surface area contributed by atoms with Gasteiger partial charge in [0.25, 0.3) is 0 Å². The zero-order valence-corrected chi connectivity index (χ0v) is 10.7. The summed E-state index contributed by atoms with van der Waals surface area (Å²) < 4.78 is 1.92. The molecule has 1 heterocycles. The molecule has 1 aromatic heterocycles. The molecule has 0 atom stereocenters. The van der Waals surface area contributed by atoms with E-state index in [2.05, 4.69) is 42.5 Å². The van der Waals surface area contributed by atoms with Gasteiger partial charge in [0.1, 0.15) is 0 Å². The molecule has 3 heteroatoms. The Labute approximate surface area is 102 Å². The van der Waals surface area contributed by atoms with Gasteiger partial charge < -0.3 is 5.32 Å². The molecule has 0 spiro atoms. The molecular formula is C14H19N3. The molecule has 0 radical (unpaired) electrons. The van der Waals surface area contributed by atoms with E-state index in [1.165, 1.54) is 11.1 Å². The summed E-state index contributed by atoms with van der Waals surface area (Å²) in [6.07, 6.45) is 1.99. The topological polar surface area (TPSA) is 29.9 Å². The van der Waals surface area contributed by atoms with Crippen LogP contribution in [0.4, 0.5) is 0 Å². The second-order valence-electron chi connectivity index (χ2n) is 4.29. The Hall–Kier alpha value is -1.61. The smallest absolute Gasteiger partial charge is 0.0648 e. The normalized spacial score (nSPS) is 10.8. The van der Waals surface area contributed by atoms with Gasteiger partial charge >= 0.3 is 0 Å². The number of hydrogen-bond acceptors (Lipinski definition) is 2. The van der Waals surface area contributed by atoms with Crippen molar-refractivity contribution in [2.75, 3.05) is 6.54 Å². The number of rotatable bonds is 4. The van der Waals surface area contributed by atoms with Crippen LogP contribution in [0.25, 0.3) is 5.69 Å². The molecule has 0 saturated heterocycles. The van der Waals surface area contributed by atoms with Gasteiger partial charge in [-0.2, -0.15) is 5.10 Å². The third-order valence-electron chi connectivity index (χ3n) is 2.88. The fourth-order valence-electron chi connectivity index (χ4n) is 1.84. The lowest BCUT2D eigenvalue weighted by molar-refractivity contribution is 0.723. The number of nitrogens with one attached hydrogen (secondary N) is 1. The molecule has 0 bridgehead atoms. The van der Waals surface area contributed by atoms with Crippen molar-refractivity contribution >= 4 is 0 Å². The Kier molecular flexibility index (Phi) is 3.59. The van der Waals surface area contributed by atoms with Crippen LogP contribution in [0.5, 0.6) is 0 Å². The number of nitrogens with zero attached hydrogens (tertiary/aromatic N) is 2. The van der Waals surface area contributed by atoms with Crippen molar-refractivity contribution in [2.45, 2.75) is 27.3 Å². The zero-order chi connectivity index (χ0) is 12.3. The molecule has 0 aliphatic heterocycles. The van der Waals surface area contributed by atoms with Crippen LogP contribution >= 0.6 is 0 Å². The van der Waals surface area contributed by atoms with E-state index >= 15 is 0 Å². The van der Waals surface area contributed by atoms with Crippen LogP contribution < -0.4 is 5.32 Å². The lowest BCUT2D eigenvalue weighted by atomic mass is 10.1. The van der Waals surface area contributed by atoms with Crippen LogP contribution in [0, 0.1) is 13.8 Å². The number of benzene rings is 1. The fraction of sp³-hybridized carbons (Fsp3) is 0.357. The Morgan fingerprint density at radius 2 is 2.06 bits per heavy atom. The van der Waals surface area contributed by atoms with E-state index in [1.807, 2.05) is 23.9 Å². The number of hydrogen-bond donors (Lipinski definition) is 1. The number of aromatic nitrogens is 2. The summed E-state index contributed by atoms with van der Waals surface area (Å²) in [4.78, 5) is 0. The van der Waals surface area contributed by atoms with Crippen LogP contribution in [0.15, 0.2) is 30.5 Å². The van der Waals surface area contributed by atoms with Gasteiger partial charge in [0, 0.05) is 12.7 Å². The second-order valence-corrected chi connectivity index (χ2v) is 4.29. The summed E-state index contributed by atoms with van der Waals surface area (Å²) in [6, 6.07) is 8.48.